The van der Waals surface area contributed by atoms with Gasteiger partial charge in [0.05, 0.1) is 24.4 Å². The molecule has 1 aromatic rings. The Morgan fingerprint density at radius 3 is 1.41 bits per heavy atom. The van der Waals surface area contributed by atoms with Gasteiger partial charge in [0.15, 0.2) is 17.3 Å². The van der Waals surface area contributed by atoms with E-state index < -0.39 is 167 Å². The number of nitrogens with zero attached hydrogens (tertiary/aromatic N) is 8. The van der Waals surface area contributed by atoms with Gasteiger partial charge in [-0.05, 0) is 119 Å². The predicted molar refractivity (Wildman–Crippen MR) is 354 cm³/mol. The molecule has 1 fully saturated rings. The standard InChI is InChI=1S/C70H118FN9O12/c1-25-49-36-59(83)61(62(84)45(14)27-26-28-51-30-29-50(71)38-72-51)80(24)70(92)60(44(12)13)79(23)69(91)56(34-42(8)9)78(22)68(90)55(33-41(6)7)77(21)64(86)47(16)73-63(85)46(15)35-57(81)53(31-39(2)3)76(20)67(89)52(43(10)11)37-58(82)54(32-40(4)5)75(19)65(87)48(17)74(18)66(49)88/h29-30,38-49,52-56,60-62,84H,25-28,31-37H2,1-24H3,(H,73,85)/t45-,46+,47+,48-,49+,52-,53-,54+,55-,56-,60-,61+,62-/m1/s1. The largest absolute Gasteiger partial charge is 0.390 e. The molecule has 522 valence electrons. The molecule has 0 spiro atoms. The molecule has 1 aliphatic heterocycles. The molecule has 0 unspecified atom stereocenters. The number of Topliss-reactive ketones (excluding diaryl/α,β-unsaturated/α-hetero) is 3. The van der Waals surface area contributed by atoms with Crippen molar-refractivity contribution in [3.63, 3.8) is 0 Å². The maximum atomic E-state index is 15.4. The highest BCUT2D eigenvalue weighted by Crippen LogP contribution is 2.30. The fourth-order valence-electron chi connectivity index (χ4n) is 12.6. The fraction of sp³-hybridized carbons (Fsp3) is 0.771. The van der Waals surface area contributed by atoms with Gasteiger partial charge in [-0.3, -0.25) is 57.7 Å². The smallest absolute Gasteiger partial charge is 0.246 e. The van der Waals surface area contributed by atoms with Crippen molar-refractivity contribution in [1.82, 2.24) is 44.6 Å². The number of halogens is 1. The summed E-state index contributed by atoms with van der Waals surface area (Å²) in [6.07, 6.45) is 0.619. The Balaban J connectivity index is 3.01. The first kappa shape index (κ1) is 81.9. The molecule has 92 heavy (non-hydrogen) atoms. The first-order valence-corrected chi connectivity index (χ1v) is 33.6. The quantitative estimate of drug-likeness (QED) is 0.153. The predicted octanol–water partition coefficient (Wildman–Crippen LogP) is 7.52. The lowest BCUT2D eigenvalue weighted by Gasteiger charge is -2.41. The lowest BCUT2D eigenvalue weighted by molar-refractivity contribution is -0.157. The molecule has 1 aliphatic rings. The van der Waals surface area contributed by atoms with Crippen LogP contribution in [0.25, 0.3) is 0 Å². The molecule has 21 nitrogen and oxygen atoms in total. The van der Waals surface area contributed by atoms with Crippen LogP contribution in [0.3, 0.4) is 0 Å². The van der Waals surface area contributed by atoms with Crippen LogP contribution in [-0.2, 0) is 59.2 Å². The summed E-state index contributed by atoms with van der Waals surface area (Å²) in [4.78, 5) is 176. The van der Waals surface area contributed by atoms with Crippen molar-refractivity contribution in [1.29, 1.82) is 0 Å². The molecule has 0 aliphatic carbocycles. The maximum Gasteiger partial charge on any atom is 0.246 e. The Kier molecular flexibility index (Phi) is 33.0. The van der Waals surface area contributed by atoms with Crippen LogP contribution in [0.4, 0.5) is 4.39 Å². The molecule has 1 aromatic heterocycles. The van der Waals surface area contributed by atoms with Crippen LogP contribution >= 0.6 is 0 Å². The highest BCUT2D eigenvalue weighted by molar-refractivity contribution is 6.00. The van der Waals surface area contributed by atoms with Crippen LogP contribution in [0.1, 0.15) is 188 Å². The van der Waals surface area contributed by atoms with Crippen molar-refractivity contribution >= 4 is 64.6 Å². The summed E-state index contributed by atoms with van der Waals surface area (Å²) in [5.74, 6) is -11.8. The highest BCUT2D eigenvalue weighted by atomic mass is 19.1. The number of likely N-dealkylation sites (N-methyl/N-ethyl adjacent to an activating group) is 7. The average molecular weight is 1300 g/mol. The van der Waals surface area contributed by atoms with Gasteiger partial charge in [0.25, 0.3) is 0 Å². The van der Waals surface area contributed by atoms with Crippen LogP contribution in [0.15, 0.2) is 18.3 Å². The number of carbonyl (C=O) groups excluding carboxylic acids is 11. The van der Waals surface area contributed by atoms with Gasteiger partial charge in [-0.25, -0.2) is 4.39 Å². The SMILES string of the molecule is CC[C@H]1CC(=O)[C@@H]([C@H](O)[C@H](C)CCCc2ccc(F)cn2)N(C)C(=O)[C@@H](C(C)C)N(C)C(=O)[C@@H](CC(C)C)N(C)C(=O)[C@@H](CC(C)C)N(C)C(=O)[C@H](C)NC(=O)[C@@H](C)CC(=O)[C@@H](CC(C)C)N(C)C(=O)[C@@H](C(C)C)CC(=O)[C@H](CC(C)C)N(C)C(=O)[C@@H](C)N(C)C1=O. The summed E-state index contributed by atoms with van der Waals surface area (Å²) in [7, 11) is 10.2. The van der Waals surface area contributed by atoms with E-state index in [0.717, 1.165) is 11.1 Å². The number of nitrogens with one attached hydrogen (secondary N) is 1. The first-order chi connectivity index (χ1) is 42.5. The second-order valence-corrected chi connectivity index (χ2v) is 29.0. The second kappa shape index (κ2) is 37.0. The molecule has 0 saturated carbocycles. The molecule has 2 heterocycles. The molecule has 0 radical (unpaired) electrons. The number of aliphatic hydroxyl groups excluding tert-OH is 1. The minimum atomic E-state index is -1.57. The van der Waals surface area contributed by atoms with Gasteiger partial charge in [0, 0.05) is 92.0 Å². The number of aromatic nitrogens is 1. The minimum absolute atomic E-state index is 0.0797. The van der Waals surface area contributed by atoms with E-state index >= 15 is 19.2 Å². The van der Waals surface area contributed by atoms with E-state index in [-0.39, 0.29) is 68.6 Å². The van der Waals surface area contributed by atoms with Crippen molar-refractivity contribution < 1.29 is 62.2 Å². The molecular formula is C70H118FN9O12. The highest BCUT2D eigenvalue weighted by Gasteiger charge is 2.46. The Morgan fingerprint density at radius 1 is 0.511 bits per heavy atom. The van der Waals surface area contributed by atoms with Crippen LogP contribution in [0.5, 0.6) is 0 Å². The number of hydrogen-bond donors (Lipinski definition) is 2. The minimum Gasteiger partial charge on any atom is -0.390 e. The van der Waals surface area contributed by atoms with Crippen molar-refractivity contribution in [3.8, 4) is 0 Å². The van der Waals surface area contributed by atoms with Gasteiger partial charge in [0.2, 0.25) is 47.3 Å². The number of aryl methyl sites for hydroxylation is 1. The molecule has 2 rings (SSSR count). The number of carbonyl (C=O) groups is 11. The lowest BCUT2D eigenvalue weighted by atomic mass is 9.84. The number of aliphatic hydroxyl groups is 1. The van der Waals surface area contributed by atoms with E-state index in [1.165, 1.54) is 98.6 Å². The number of rotatable bonds is 17. The zero-order valence-corrected chi connectivity index (χ0v) is 60.4. The van der Waals surface area contributed by atoms with Gasteiger partial charge in [-0.1, -0.05) is 104 Å². The Labute approximate surface area is 550 Å². The Bertz CT molecular complexity index is 2670. The summed E-state index contributed by atoms with van der Waals surface area (Å²) >= 11 is 0. The van der Waals surface area contributed by atoms with Gasteiger partial charge in [-0.15, -0.1) is 0 Å². The van der Waals surface area contributed by atoms with E-state index in [9.17, 15) is 43.1 Å². The van der Waals surface area contributed by atoms with Gasteiger partial charge in [0.1, 0.15) is 42.1 Å². The van der Waals surface area contributed by atoms with Gasteiger partial charge < -0.3 is 44.7 Å². The van der Waals surface area contributed by atoms with Crippen molar-refractivity contribution in [2.45, 2.75) is 243 Å². The van der Waals surface area contributed by atoms with E-state index in [1.807, 2.05) is 55.4 Å². The first-order valence-electron chi connectivity index (χ1n) is 33.6. The zero-order chi connectivity index (χ0) is 70.8. The summed E-state index contributed by atoms with van der Waals surface area (Å²) in [5.41, 5.74) is 0.610. The summed E-state index contributed by atoms with van der Waals surface area (Å²) in [6.45, 7) is 30.2. The van der Waals surface area contributed by atoms with Crippen molar-refractivity contribution in [3.05, 3.63) is 29.8 Å². The third-order valence-electron chi connectivity index (χ3n) is 18.7. The molecule has 0 aromatic carbocycles. The monoisotopic (exact) mass is 1300 g/mol. The molecule has 0 bridgehead atoms. The van der Waals surface area contributed by atoms with E-state index in [1.54, 1.807) is 54.5 Å². The zero-order valence-electron chi connectivity index (χ0n) is 60.4. The fourth-order valence-corrected chi connectivity index (χ4v) is 12.6. The van der Waals surface area contributed by atoms with E-state index in [2.05, 4.69) is 10.3 Å². The molecule has 13 atom stereocenters. The summed E-state index contributed by atoms with van der Waals surface area (Å²) in [5, 5.41) is 15.2. The van der Waals surface area contributed by atoms with E-state index in [0.29, 0.717) is 25.0 Å². The van der Waals surface area contributed by atoms with Gasteiger partial charge in [-0.2, -0.15) is 0 Å². The third-order valence-corrected chi connectivity index (χ3v) is 18.7. The average Bonchev–Trinajstić information content (AvgIpc) is 0.821. The number of hydrogen-bond acceptors (Lipinski definition) is 13. The molecule has 1 saturated heterocycles. The molecule has 22 heteroatoms. The number of ketones is 3. The van der Waals surface area contributed by atoms with Crippen LogP contribution in [0, 0.1) is 65.0 Å². The summed E-state index contributed by atoms with van der Waals surface area (Å²) < 4.78 is 13.8. The molecular weight excluding hydrogens is 1180 g/mol. The van der Waals surface area contributed by atoms with Crippen LogP contribution in [0.2, 0.25) is 0 Å². The third kappa shape index (κ3) is 22.5. The normalized spacial score (nSPS) is 26.7. The maximum absolute atomic E-state index is 15.4. The lowest BCUT2D eigenvalue weighted by Crippen LogP contribution is -2.61. The van der Waals surface area contributed by atoms with Crippen LogP contribution in [-0.4, -0.2) is 213 Å². The topological polar surface area (TPSA) is 256 Å². The number of pyridine rings is 1. The molecule has 2 N–H and O–H groups in total. The second-order valence-electron chi connectivity index (χ2n) is 29.0. The Morgan fingerprint density at radius 2 is 0.957 bits per heavy atom. The summed E-state index contributed by atoms with van der Waals surface area (Å²) in [6, 6.07) is -6.66. The van der Waals surface area contributed by atoms with Crippen LogP contribution < -0.4 is 5.32 Å². The van der Waals surface area contributed by atoms with Crippen molar-refractivity contribution in [2.75, 3.05) is 49.3 Å². The van der Waals surface area contributed by atoms with E-state index in [4.69, 9.17) is 0 Å². The molecule has 8 amide bonds. The van der Waals surface area contributed by atoms with Crippen molar-refractivity contribution in [2.24, 2.45) is 59.2 Å². The Hall–Kier alpha value is -6.19. The number of amides is 8. The van der Waals surface area contributed by atoms with Gasteiger partial charge >= 0.3 is 0 Å².